The Labute approximate surface area is 97.4 Å². The summed E-state index contributed by atoms with van der Waals surface area (Å²) >= 11 is 5.84. The van der Waals surface area contributed by atoms with E-state index in [1.807, 2.05) is 0 Å². The van der Waals surface area contributed by atoms with E-state index in [1.165, 1.54) is 6.07 Å². The van der Waals surface area contributed by atoms with Gasteiger partial charge in [-0.05, 0) is 18.4 Å². The Balaban J connectivity index is 2.64. The quantitative estimate of drug-likeness (QED) is 0.793. The summed E-state index contributed by atoms with van der Waals surface area (Å²) < 4.78 is 5.06. The second-order valence-electron chi connectivity index (χ2n) is 4.16. The summed E-state index contributed by atoms with van der Waals surface area (Å²) in [5.41, 5.74) is 1.05. The molecule has 2 rings (SSSR count). The molecule has 0 amide bonds. The summed E-state index contributed by atoms with van der Waals surface area (Å²) in [6, 6.07) is 1.42. The van der Waals surface area contributed by atoms with Crippen LogP contribution in [0.5, 0.6) is 11.5 Å². The standard InChI is InChI=1S/C11H12ClNO3/c1-5(2)3-7-6-4-8(14)10(15)9(12)11(6)16-13-7/h4-5,14-15H,3H2,1-2H3. The minimum absolute atomic E-state index is 0.00231. The minimum atomic E-state index is -0.374. The van der Waals surface area contributed by atoms with Gasteiger partial charge in [0.25, 0.3) is 0 Å². The maximum Gasteiger partial charge on any atom is 0.189 e. The van der Waals surface area contributed by atoms with E-state index in [0.717, 1.165) is 12.1 Å². The molecule has 4 nitrogen and oxygen atoms in total. The van der Waals surface area contributed by atoms with Crippen LogP contribution in [0.15, 0.2) is 10.6 Å². The van der Waals surface area contributed by atoms with Crippen molar-refractivity contribution < 1.29 is 14.7 Å². The van der Waals surface area contributed by atoms with Gasteiger partial charge in [0.2, 0.25) is 0 Å². The molecule has 0 aliphatic heterocycles. The van der Waals surface area contributed by atoms with Crippen molar-refractivity contribution in [2.75, 3.05) is 0 Å². The van der Waals surface area contributed by atoms with Gasteiger partial charge in [-0.2, -0.15) is 0 Å². The van der Waals surface area contributed by atoms with Gasteiger partial charge in [0, 0.05) is 0 Å². The van der Waals surface area contributed by atoms with Crippen LogP contribution < -0.4 is 0 Å². The summed E-state index contributed by atoms with van der Waals surface area (Å²) in [5, 5.41) is 23.4. The third kappa shape index (κ3) is 1.69. The second-order valence-corrected chi connectivity index (χ2v) is 4.54. The summed E-state index contributed by atoms with van der Waals surface area (Å²) in [7, 11) is 0. The first kappa shape index (κ1) is 11.1. The predicted molar refractivity (Wildman–Crippen MR) is 60.9 cm³/mol. The Morgan fingerprint density at radius 3 is 2.75 bits per heavy atom. The van der Waals surface area contributed by atoms with E-state index in [9.17, 15) is 10.2 Å². The SMILES string of the molecule is CC(C)Cc1noc2c(Cl)c(O)c(O)cc12. The highest BCUT2D eigenvalue weighted by atomic mass is 35.5. The van der Waals surface area contributed by atoms with Gasteiger partial charge < -0.3 is 14.7 Å². The molecule has 86 valence electrons. The third-order valence-electron chi connectivity index (χ3n) is 2.34. The van der Waals surface area contributed by atoms with Crippen LogP contribution in [0.2, 0.25) is 5.02 Å². The van der Waals surface area contributed by atoms with Gasteiger partial charge in [-0.15, -0.1) is 0 Å². The highest BCUT2D eigenvalue weighted by Gasteiger charge is 2.18. The fourth-order valence-electron chi connectivity index (χ4n) is 1.60. The molecule has 1 aromatic carbocycles. The van der Waals surface area contributed by atoms with Crippen LogP contribution in [0.25, 0.3) is 11.0 Å². The largest absolute Gasteiger partial charge is 0.504 e. The van der Waals surface area contributed by atoms with Gasteiger partial charge in [-0.3, -0.25) is 0 Å². The van der Waals surface area contributed by atoms with Crippen molar-refractivity contribution in [2.24, 2.45) is 5.92 Å². The molecule has 0 saturated heterocycles. The number of hydrogen-bond acceptors (Lipinski definition) is 4. The average Bonchev–Trinajstić information content (AvgIpc) is 2.58. The highest BCUT2D eigenvalue weighted by Crippen LogP contribution is 2.40. The van der Waals surface area contributed by atoms with Crippen molar-refractivity contribution in [3.63, 3.8) is 0 Å². The fourth-order valence-corrected chi connectivity index (χ4v) is 1.83. The molecule has 0 fully saturated rings. The van der Waals surface area contributed by atoms with Crippen LogP contribution in [-0.4, -0.2) is 15.4 Å². The van der Waals surface area contributed by atoms with Crippen LogP contribution in [0.1, 0.15) is 19.5 Å². The first-order valence-corrected chi connectivity index (χ1v) is 5.37. The molecule has 0 saturated carbocycles. The number of phenolic OH excluding ortho intramolecular Hbond substituents is 2. The van der Waals surface area contributed by atoms with Crippen molar-refractivity contribution in [3.8, 4) is 11.5 Å². The van der Waals surface area contributed by atoms with Gasteiger partial charge in [0.1, 0.15) is 5.02 Å². The second kappa shape index (κ2) is 3.87. The molecule has 1 aromatic heterocycles. The lowest BCUT2D eigenvalue weighted by Crippen LogP contribution is -1.94. The van der Waals surface area contributed by atoms with Gasteiger partial charge in [-0.25, -0.2) is 0 Å². The van der Waals surface area contributed by atoms with Gasteiger partial charge in [0.15, 0.2) is 17.1 Å². The van der Waals surface area contributed by atoms with E-state index in [0.29, 0.717) is 16.9 Å². The Bertz CT molecular complexity index is 533. The number of fused-ring (bicyclic) bond motifs is 1. The maximum atomic E-state index is 9.47. The molecular weight excluding hydrogens is 230 g/mol. The lowest BCUT2D eigenvalue weighted by atomic mass is 10.0. The van der Waals surface area contributed by atoms with Crippen LogP contribution in [-0.2, 0) is 6.42 Å². The number of nitrogens with zero attached hydrogens (tertiary/aromatic N) is 1. The van der Waals surface area contributed by atoms with Crippen LogP contribution in [0.3, 0.4) is 0 Å². The summed E-state index contributed by atoms with van der Waals surface area (Å²) in [6.45, 7) is 4.12. The summed E-state index contributed by atoms with van der Waals surface area (Å²) in [6.07, 6.45) is 0.730. The maximum absolute atomic E-state index is 9.47. The number of hydrogen-bond donors (Lipinski definition) is 2. The van der Waals surface area contributed by atoms with E-state index < -0.39 is 0 Å². The summed E-state index contributed by atoms with van der Waals surface area (Å²) in [5.74, 6) is -0.213. The molecule has 0 aliphatic carbocycles. The van der Waals surface area contributed by atoms with E-state index in [-0.39, 0.29) is 16.5 Å². The Kier molecular flexibility index (Phi) is 2.68. The Morgan fingerprint density at radius 1 is 1.44 bits per heavy atom. The average molecular weight is 242 g/mol. The van der Waals surface area contributed by atoms with Crippen molar-refractivity contribution in [3.05, 3.63) is 16.8 Å². The molecule has 0 unspecified atom stereocenters. The summed E-state index contributed by atoms with van der Waals surface area (Å²) in [4.78, 5) is 0. The van der Waals surface area contributed by atoms with Crippen LogP contribution in [0, 0.1) is 5.92 Å². The first-order valence-electron chi connectivity index (χ1n) is 4.99. The molecule has 1 heterocycles. The number of phenols is 2. The predicted octanol–water partition coefficient (Wildman–Crippen LogP) is 3.09. The lowest BCUT2D eigenvalue weighted by molar-refractivity contribution is 0.402. The zero-order valence-electron chi connectivity index (χ0n) is 8.99. The normalized spacial score (nSPS) is 11.5. The molecule has 0 radical (unpaired) electrons. The molecule has 16 heavy (non-hydrogen) atoms. The van der Waals surface area contributed by atoms with Crippen molar-refractivity contribution in [1.82, 2.24) is 5.16 Å². The van der Waals surface area contributed by atoms with Gasteiger partial charge in [-0.1, -0.05) is 30.6 Å². The van der Waals surface area contributed by atoms with E-state index in [4.69, 9.17) is 16.1 Å². The smallest absolute Gasteiger partial charge is 0.189 e. The monoisotopic (exact) mass is 241 g/mol. The highest BCUT2D eigenvalue weighted by molar-refractivity contribution is 6.36. The fraction of sp³-hybridized carbons (Fsp3) is 0.364. The van der Waals surface area contributed by atoms with Crippen molar-refractivity contribution in [1.29, 1.82) is 0 Å². The molecular formula is C11H12ClNO3. The van der Waals surface area contributed by atoms with Gasteiger partial charge in [0.05, 0.1) is 11.1 Å². The van der Waals surface area contributed by atoms with Crippen LogP contribution >= 0.6 is 11.6 Å². The van der Waals surface area contributed by atoms with E-state index in [1.54, 1.807) is 0 Å². The number of halogens is 1. The number of aromatic nitrogens is 1. The van der Waals surface area contributed by atoms with E-state index in [2.05, 4.69) is 19.0 Å². The number of benzene rings is 1. The third-order valence-corrected chi connectivity index (χ3v) is 2.69. The number of aromatic hydroxyl groups is 2. The molecule has 0 spiro atoms. The zero-order chi connectivity index (χ0) is 11.9. The van der Waals surface area contributed by atoms with Gasteiger partial charge >= 0.3 is 0 Å². The molecule has 5 heteroatoms. The Morgan fingerprint density at radius 2 is 2.12 bits per heavy atom. The van der Waals surface area contributed by atoms with Crippen molar-refractivity contribution in [2.45, 2.75) is 20.3 Å². The topological polar surface area (TPSA) is 66.5 Å². The molecule has 2 aromatic rings. The zero-order valence-corrected chi connectivity index (χ0v) is 9.75. The lowest BCUT2D eigenvalue weighted by Gasteiger charge is -2.02. The van der Waals surface area contributed by atoms with Crippen LogP contribution in [0.4, 0.5) is 0 Å². The molecule has 2 N–H and O–H groups in total. The molecule has 0 bridgehead atoms. The minimum Gasteiger partial charge on any atom is -0.504 e. The number of rotatable bonds is 2. The van der Waals surface area contributed by atoms with E-state index >= 15 is 0 Å². The molecule has 0 aliphatic rings. The van der Waals surface area contributed by atoms with Crippen molar-refractivity contribution >= 4 is 22.6 Å². The molecule has 0 atom stereocenters. The Hall–Kier alpha value is -1.42. The first-order chi connectivity index (χ1) is 7.50.